The average Bonchev–Trinajstić information content (AvgIpc) is 2.78. The third-order valence-electron chi connectivity index (χ3n) is 2.04. The first-order chi connectivity index (χ1) is 7.20. The van der Waals surface area contributed by atoms with Crippen LogP contribution in [0.3, 0.4) is 0 Å². The molecule has 0 saturated carbocycles. The summed E-state index contributed by atoms with van der Waals surface area (Å²) in [7, 11) is 0. The van der Waals surface area contributed by atoms with Gasteiger partial charge in [0.2, 0.25) is 0 Å². The number of nitrogens with two attached hydrogens (primary N) is 1. The third-order valence-corrected chi connectivity index (χ3v) is 4.17. The predicted octanol–water partition coefficient (Wildman–Crippen LogP) is 3.02. The lowest BCUT2D eigenvalue weighted by atomic mass is 10.2. The van der Waals surface area contributed by atoms with Gasteiger partial charge in [0.1, 0.15) is 0 Å². The molecule has 0 spiro atoms. The maximum absolute atomic E-state index is 5.77. The van der Waals surface area contributed by atoms with Crippen LogP contribution in [0.5, 0.6) is 0 Å². The van der Waals surface area contributed by atoms with Crippen LogP contribution in [0, 0.1) is 0 Å². The highest BCUT2D eigenvalue weighted by Gasteiger charge is 2.14. The maximum Gasteiger partial charge on any atom is 0.0983 e. The van der Waals surface area contributed by atoms with Gasteiger partial charge in [0.15, 0.2) is 0 Å². The zero-order valence-corrected chi connectivity index (χ0v) is 11.7. The van der Waals surface area contributed by atoms with E-state index >= 15 is 0 Å². The Morgan fingerprint density at radius 3 is 2.73 bits per heavy atom. The van der Waals surface area contributed by atoms with Crippen LogP contribution in [-0.4, -0.2) is 16.3 Å². The van der Waals surface area contributed by atoms with E-state index in [2.05, 4.69) is 43.0 Å². The van der Waals surface area contributed by atoms with Gasteiger partial charge in [0, 0.05) is 17.6 Å². The second kappa shape index (κ2) is 4.78. The van der Waals surface area contributed by atoms with Crippen LogP contribution in [0.1, 0.15) is 10.9 Å². The molecule has 2 aromatic rings. The summed E-state index contributed by atoms with van der Waals surface area (Å²) in [5.41, 5.74) is 5.77. The molecule has 0 aliphatic rings. The van der Waals surface area contributed by atoms with Gasteiger partial charge in [-0.3, -0.25) is 4.68 Å². The van der Waals surface area contributed by atoms with Crippen LogP contribution in [0.25, 0.3) is 0 Å². The highest BCUT2D eigenvalue weighted by atomic mass is 79.9. The van der Waals surface area contributed by atoms with E-state index in [9.17, 15) is 0 Å². The van der Waals surface area contributed by atoms with Crippen molar-refractivity contribution in [3.05, 3.63) is 37.7 Å². The molecule has 80 valence electrons. The fourth-order valence-corrected chi connectivity index (χ4v) is 3.18. The molecule has 3 nitrogen and oxygen atoms in total. The van der Waals surface area contributed by atoms with Gasteiger partial charge in [-0.05, 0) is 44.0 Å². The van der Waals surface area contributed by atoms with E-state index in [1.165, 1.54) is 4.88 Å². The lowest BCUT2D eigenvalue weighted by Gasteiger charge is -2.13. The summed E-state index contributed by atoms with van der Waals surface area (Å²) in [6.07, 6.45) is 3.70. The van der Waals surface area contributed by atoms with E-state index in [-0.39, 0.29) is 6.04 Å². The molecule has 1 unspecified atom stereocenters. The zero-order chi connectivity index (χ0) is 10.8. The standard InChI is InChI=1S/C9H9Br2N3S/c10-6-4-13-14(5-6)7(3-12)8-1-2-9(11)15-8/h1-2,4-5,7H,3,12H2. The number of nitrogens with zero attached hydrogens (tertiary/aromatic N) is 2. The smallest absolute Gasteiger partial charge is 0.0983 e. The first kappa shape index (κ1) is 11.3. The molecule has 0 fully saturated rings. The monoisotopic (exact) mass is 349 g/mol. The Hall–Kier alpha value is -0.170. The lowest BCUT2D eigenvalue weighted by Crippen LogP contribution is -2.19. The van der Waals surface area contributed by atoms with Gasteiger partial charge in [-0.25, -0.2) is 0 Å². The topological polar surface area (TPSA) is 43.8 Å². The van der Waals surface area contributed by atoms with Crippen molar-refractivity contribution in [2.45, 2.75) is 6.04 Å². The van der Waals surface area contributed by atoms with E-state index in [1.807, 2.05) is 16.9 Å². The van der Waals surface area contributed by atoms with Crippen LogP contribution >= 0.6 is 43.2 Å². The Morgan fingerprint density at radius 2 is 2.27 bits per heavy atom. The average molecular weight is 351 g/mol. The van der Waals surface area contributed by atoms with Crippen LogP contribution in [0.2, 0.25) is 0 Å². The van der Waals surface area contributed by atoms with Gasteiger partial charge in [0.25, 0.3) is 0 Å². The van der Waals surface area contributed by atoms with Gasteiger partial charge in [-0.1, -0.05) is 0 Å². The minimum absolute atomic E-state index is 0.118. The quantitative estimate of drug-likeness (QED) is 0.924. The van der Waals surface area contributed by atoms with Gasteiger partial charge in [-0.15, -0.1) is 11.3 Å². The van der Waals surface area contributed by atoms with Crippen molar-refractivity contribution in [3.63, 3.8) is 0 Å². The van der Waals surface area contributed by atoms with Crippen LogP contribution < -0.4 is 5.73 Å². The summed E-state index contributed by atoms with van der Waals surface area (Å²) < 4.78 is 3.96. The molecule has 0 aromatic carbocycles. The summed E-state index contributed by atoms with van der Waals surface area (Å²) in [4.78, 5) is 1.21. The number of aromatic nitrogens is 2. The maximum atomic E-state index is 5.77. The Morgan fingerprint density at radius 1 is 1.47 bits per heavy atom. The van der Waals surface area contributed by atoms with E-state index in [1.54, 1.807) is 17.5 Å². The summed E-state index contributed by atoms with van der Waals surface area (Å²) in [6, 6.07) is 4.22. The molecule has 6 heteroatoms. The van der Waals surface area contributed by atoms with Crippen molar-refractivity contribution in [1.82, 2.24) is 9.78 Å². The zero-order valence-electron chi connectivity index (χ0n) is 7.73. The first-order valence-corrected chi connectivity index (χ1v) is 6.76. The normalized spacial score (nSPS) is 13.0. The van der Waals surface area contributed by atoms with Crippen molar-refractivity contribution < 1.29 is 0 Å². The molecule has 0 bridgehead atoms. The molecule has 0 saturated heterocycles. The van der Waals surface area contributed by atoms with Gasteiger partial charge in [-0.2, -0.15) is 5.10 Å². The molecule has 2 heterocycles. The van der Waals surface area contributed by atoms with Crippen molar-refractivity contribution >= 4 is 43.2 Å². The van der Waals surface area contributed by atoms with Crippen molar-refractivity contribution in [1.29, 1.82) is 0 Å². The van der Waals surface area contributed by atoms with Crippen molar-refractivity contribution in [3.8, 4) is 0 Å². The first-order valence-electron chi connectivity index (χ1n) is 4.35. The fraction of sp³-hybridized carbons (Fsp3) is 0.222. The Bertz CT molecular complexity index is 411. The lowest BCUT2D eigenvalue weighted by molar-refractivity contribution is 0.539. The van der Waals surface area contributed by atoms with Crippen molar-refractivity contribution in [2.24, 2.45) is 5.73 Å². The number of rotatable bonds is 3. The molecular formula is C9H9Br2N3S. The number of hydrogen-bond donors (Lipinski definition) is 1. The van der Waals surface area contributed by atoms with Crippen LogP contribution in [-0.2, 0) is 0 Å². The van der Waals surface area contributed by atoms with Gasteiger partial charge >= 0.3 is 0 Å². The highest BCUT2D eigenvalue weighted by molar-refractivity contribution is 9.11. The van der Waals surface area contributed by atoms with Gasteiger partial charge in [0.05, 0.1) is 20.5 Å². The Labute approximate surface area is 109 Å². The SMILES string of the molecule is NCC(c1ccc(Br)s1)n1cc(Br)cn1. The molecule has 2 rings (SSSR count). The molecule has 2 N–H and O–H groups in total. The number of thiophene rings is 1. The van der Waals surface area contributed by atoms with Gasteiger partial charge < -0.3 is 5.73 Å². The molecule has 2 aromatic heterocycles. The predicted molar refractivity (Wildman–Crippen MR) is 69.1 cm³/mol. The van der Waals surface area contributed by atoms with E-state index in [0.717, 1.165) is 8.26 Å². The molecule has 0 amide bonds. The van der Waals surface area contributed by atoms with E-state index < -0.39 is 0 Å². The Balaban J connectivity index is 2.32. The largest absolute Gasteiger partial charge is 0.328 e. The number of halogens is 2. The van der Waals surface area contributed by atoms with E-state index in [0.29, 0.717) is 6.54 Å². The highest BCUT2D eigenvalue weighted by Crippen LogP contribution is 2.29. The number of hydrogen-bond acceptors (Lipinski definition) is 3. The Kier molecular flexibility index (Phi) is 3.60. The second-order valence-corrected chi connectivity index (χ2v) is 6.44. The van der Waals surface area contributed by atoms with Crippen LogP contribution in [0.4, 0.5) is 0 Å². The minimum atomic E-state index is 0.118. The molecule has 1 atom stereocenters. The summed E-state index contributed by atoms with van der Waals surface area (Å²) in [5.74, 6) is 0. The molecule has 0 aliphatic heterocycles. The molecule has 0 aliphatic carbocycles. The van der Waals surface area contributed by atoms with Crippen molar-refractivity contribution in [2.75, 3.05) is 6.54 Å². The van der Waals surface area contributed by atoms with E-state index in [4.69, 9.17) is 5.73 Å². The third kappa shape index (κ3) is 2.50. The fourth-order valence-electron chi connectivity index (χ4n) is 1.35. The summed E-state index contributed by atoms with van der Waals surface area (Å²) in [5, 5.41) is 4.25. The minimum Gasteiger partial charge on any atom is -0.328 e. The molecule has 0 radical (unpaired) electrons. The van der Waals surface area contributed by atoms with Crippen LogP contribution in [0.15, 0.2) is 32.8 Å². The molecule has 15 heavy (non-hydrogen) atoms. The molecular weight excluding hydrogens is 342 g/mol. The second-order valence-electron chi connectivity index (χ2n) is 3.03. The summed E-state index contributed by atoms with van der Waals surface area (Å²) in [6.45, 7) is 0.543. The summed E-state index contributed by atoms with van der Waals surface area (Å²) >= 11 is 8.51.